The topological polar surface area (TPSA) is 105 Å². The minimum absolute atomic E-state index is 0.224. The SMILES string of the molecule is CC/C=C\CCC(=O)N(CCCN)CCCCNCCCN(CCCN)C(=O)CC/C=C\CC. The number of amides is 2. The Bertz CT molecular complexity index is 503. The Morgan fingerprint density at radius 3 is 1.56 bits per heavy atom. The van der Waals surface area contributed by atoms with E-state index in [0.717, 1.165) is 97.1 Å². The van der Waals surface area contributed by atoms with E-state index in [4.69, 9.17) is 11.5 Å². The number of nitrogens with two attached hydrogens (primary N) is 2. The summed E-state index contributed by atoms with van der Waals surface area (Å²) in [6, 6.07) is 0. The first-order chi connectivity index (χ1) is 16.6. The van der Waals surface area contributed by atoms with Crippen molar-refractivity contribution in [3.8, 4) is 0 Å². The second-order valence-electron chi connectivity index (χ2n) is 8.69. The molecule has 0 radical (unpaired) electrons. The number of carbonyl (C=O) groups is 2. The van der Waals surface area contributed by atoms with Crippen molar-refractivity contribution in [2.24, 2.45) is 11.5 Å². The molecule has 0 heterocycles. The molecule has 0 unspecified atom stereocenters. The Balaban J connectivity index is 4.13. The molecule has 2 amide bonds. The highest BCUT2D eigenvalue weighted by Gasteiger charge is 2.13. The molecule has 0 saturated heterocycles. The first kappa shape index (κ1) is 32.3. The zero-order valence-corrected chi connectivity index (χ0v) is 22.1. The molecule has 0 atom stereocenters. The van der Waals surface area contributed by atoms with Gasteiger partial charge in [0.15, 0.2) is 0 Å². The lowest BCUT2D eigenvalue weighted by atomic mass is 10.2. The molecule has 198 valence electrons. The molecule has 0 aromatic carbocycles. The Hall–Kier alpha value is -1.70. The van der Waals surface area contributed by atoms with Gasteiger partial charge in [0.25, 0.3) is 0 Å². The van der Waals surface area contributed by atoms with Crippen molar-refractivity contribution in [3.63, 3.8) is 0 Å². The lowest BCUT2D eigenvalue weighted by Crippen LogP contribution is -2.35. The van der Waals surface area contributed by atoms with Crippen LogP contribution >= 0.6 is 0 Å². The lowest BCUT2D eigenvalue weighted by Gasteiger charge is -2.23. The van der Waals surface area contributed by atoms with E-state index in [9.17, 15) is 9.59 Å². The first-order valence-electron chi connectivity index (χ1n) is 13.6. The molecule has 7 heteroatoms. The van der Waals surface area contributed by atoms with Gasteiger partial charge in [-0.25, -0.2) is 0 Å². The molecule has 0 aliphatic rings. The Morgan fingerprint density at radius 1 is 0.647 bits per heavy atom. The predicted molar refractivity (Wildman–Crippen MR) is 145 cm³/mol. The van der Waals surface area contributed by atoms with Gasteiger partial charge in [-0.2, -0.15) is 0 Å². The molecule has 7 nitrogen and oxygen atoms in total. The number of nitrogens with zero attached hydrogens (tertiary/aromatic N) is 2. The molecule has 0 spiro atoms. The summed E-state index contributed by atoms with van der Waals surface area (Å²) in [4.78, 5) is 28.9. The fourth-order valence-corrected chi connectivity index (χ4v) is 3.66. The van der Waals surface area contributed by atoms with Gasteiger partial charge < -0.3 is 26.6 Å². The van der Waals surface area contributed by atoms with Gasteiger partial charge in [-0.15, -0.1) is 0 Å². The molecule has 0 rings (SSSR count). The zero-order valence-electron chi connectivity index (χ0n) is 22.1. The second kappa shape index (κ2) is 24.4. The van der Waals surface area contributed by atoms with E-state index in [1.807, 2.05) is 9.80 Å². The maximum absolute atomic E-state index is 12.5. The average molecular weight is 480 g/mol. The Kier molecular flexibility index (Phi) is 23.2. The summed E-state index contributed by atoms with van der Waals surface area (Å²) in [6.45, 7) is 10.3. The number of hydrogen-bond acceptors (Lipinski definition) is 5. The van der Waals surface area contributed by atoms with Crippen LogP contribution in [0.5, 0.6) is 0 Å². The van der Waals surface area contributed by atoms with Gasteiger partial charge >= 0.3 is 0 Å². The maximum Gasteiger partial charge on any atom is 0.222 e. The van der Waals surface area contributed by atoms with Crippen LogP contribution in [0.15, 0.2) is 24.3 Å². The number of carbonyl (C=O) groups excluding carboxylic acids is 2. The van der Waals surface area contributed by atoms with Crippen molar-refractivity contribution in [1.29, 1.82) is 0 Å². The van der Waals surface area contributed by atoms with Crippen molar-refractivity contribution < 1.29 is 9.59 Å². The Labute approximate surface area is 209 Å². The number of unbranched alkanes of at least 4 members (excludes halogenated alkanes) is 1. The largest absolute Gasteiger partial charge is 0.343 e. The van der Waals surface area contributed by atoms with Crippen molar-refractivity contribution in [1.82, 2.24) is 15.1 Å². The highest BCUT2D eigenvalue weighted by Crippen LogP contribution is 2.05. The monoisotopic (exact) mass is 479 g/mol. The predicted octanol–water partition coefficient (Wildman–Crippen LogP) is 3.59. The van der Waals surface area contributed by atoms with Crippen LogP contribution in [0.4, 0.5) is 0 Å². The zero-order chi connectivity index (χ0) is 25.3. The molecule has 0 aromatic rings. The van der Waals surface area contributed by atoms with E-state index in [-0.39, 0.29) is 11.8 Å². The third kappa shape index (κ3) is 18.7. The van der Waals surface area contributed by atoms with Crippen molar-refractivity contribution in [2.75, 3.05) is 52.4 Å². The molecule has 0 aliphatic heterocycles. The maximum atomic E-state index is 12.5. The summed E-state index contributed by atoms with van der Waals surface area (Å²) in [6.07, 6.45) is 17.9. The molecule has 34 heavy (non-hydrogen) atoms. The van der Waals surface area contributed by atoms with E-state index in [2.05, 4.69) is 43.5 Å². The lowest BCUT2D eigenvalue weighted by molar-refractivity contribution is -0.132. The van der Waals surface area contributed by atoms with Crippen LogP contribution in [0.3, 0.4) is 0 Å². The normalized spacial score (nSPS) is 11.5. The number of hydrogen-bond donors (Lipinski definition) is 3. The number of allylic oxidation sites excluding steroid dienone is 4. The Morgan fingerprint density at radius 2 is 1.09 bits per heavy atom. The van der Waals surface area contributed by atoms with Crippen LogP contribution in [0.1, 0.15) is 84.5 Å². The van der Waals surface area contributed by atoms with Crippen LogP contribution in [0, 0.1) is 0 Å². The molecular weight excluding hydrogens is 426 g/mol. The van der Waals surface area contributed by atoms with Crippen molar-refractivity contribution >= 4 is 11.8 Å². The van der Waals surface area contributed by atoms with Crippen LogP contribution in [0.2, 0.25) is 0 Å². The van der Waals surface area contributed by atoms with E-state index in [1.165, 1.54) is 0 Å². The van der Waals surface area contributed by atoms with E-state index >= 15 is 0 Å². The summed E-state index contributed by atoms with van der Waals surface area (Å²) in [5.74, 6) is 0.455. The molecular formula is C27H53N5O2. The van der Waals surface area contributed by atoms with Gasteiger partial charge in [0, 0.05) is 39.0 Å². The molecule has 0 aliphatic carbocycles. The van der Waals surface area contributed by atoms with E-state index in [1.54, 1.807) is 0 Å². The highest BCUT2D eigenvalue weighted by atomic mass is 16.2. The van der Waals surface area contributed by atoms with Gasteiger partial charge in [-0.1, -0.05) is 38.2 Å². The van der Waals surface area contributed by atoms with Crippen molar-refractivity contribution in [2.45, 2.75) is 84.5 Å². The quantitative estimate of drug-likeness (QED) is 0.153. The van der Waals surface area contributed by atoms with Crippen LogP contribution in [-0.2, 0) is 9.59 Å². The van der Waals surface area contributed by atoms with Gasteiger partial charge in [0.2, 0.25) is 11.8 Å². The highest BCUT2D eigenvalue weighted by molar-refractivity contribution is 5.76. The fourth-order valence-electron chi connectivity index (χ4n) is 3.66. The standard InChI is InChI=1S/C27H53N5O2/c1-3-5-7-9-16-26(33)31(23-13-18-28)22-12-11-20-30-21-15-25-32(24-14-19-29)27(34)17-10-8-6-4-2/h5-8,30H,3-4,9-25,28-29H2,1-2H3/b7-5-,8-6-. The van der Waals surface area contributed by atoms with Gasteiger partial charge in [-0.05, 0) is 84.0 Å². The van der Waals surface area contributed by atoms with Gasteiger partial charge in [0.05, 0.1) is 0 Å². The summed E-state index contributed by atoms with van der Waals surface area (Å²) < 4.78 is 0. The number of nitrogens with one attached hydrogen (secondary N) is 1. The molecule has 5 N–H and O–H groups in total. The second-order valence-corrected chi connectivity index (χ2v) is 8.69. The smallest absolute Gasteiger partial charge is 0.222 e. The number of rotatable bonds is 23. The summed E-state index contributed by atoms with van der Waals surface area (Å²) >= 11 is 0. The summed E-state index contributed by atoms with van der Waals surface area (Å²) in [5.41, 5.74) is 11.3. The van der Waals surface area contributed by atoms with Crippen LogP contribution in [-0.4, -0.2) is 74.0 Å². The van der Waals surface area contributed by atoms with E-state index < -0.39 is 0 Å². The minimum Gasteiger partial charge on any atom is -0.343 e. The third-order valence-corrected chi connectivity index (χ3v) is 5.64. The molecule has 0 saturated carbocycles. The van der Waals surface area contributed by atoms with Crippen molar-refractivity contribution in [3.05, 3.63) is 24.3 Å². The van der Waals surface area contributed by atoms with Crippen LogP contribution < -0.4 is 16.8 Å². The first-order valence-corrected chi connectivity index (χ1v) is 13.6. The molecule has 0 aromatic heterocycles. The average Bonchev–Trinajstić information content (AvgIpc) is 2.84. The van der Waals surface area contributed by atoms with Crippen LogP contribution in [0.25, 0.3) is 0 Å². The summed E-state index contributed by atoms with van der Waals surface area (Å²) in [7, 11) is 0. The summed E-state index contributed by atoms with van der Waals surface area (Å²) in [5, 5.41) is 3.48. The third-order valence-electron chi connectivity index (χ3n) is 5.64. The van der Waals surface area contributed by atoms with Gasteiger partial charge in [0.1, 0.15) is 0 Å². The van der Waals surface area contributed by atoms with E-state index in [0.29, 0.717) is 25.9 Å². The molecule has 0 fully saturated rings. The van der Waals surface area contributed by atoms with Gasteiger partial charge in [-0.3, -0.25) is 9.59 Å². The minimum atomic E-state index is 0.224. The fraction of sp³-hybridized carbons (Fsp3) is 0.778. The molecule has 0 bridgehead atoms.